The van der Waals surface area contributed by atoms with Crippen LogP contribution >= 0.6 is 0 Å². The number of aliphatic imine (C=N–C) groups is 1. The Hall–Kier alpha value is -6.17. The first-order chi connectivity index (χ1) is 25.6. The standard InChI is InChI=1S/C47H39N5/c1-31-28-45(32(2)27-39(31)47(48-30-33-15-5-3-6-16-33)52-46(49-52)34-17-7-4-8-18-34)51-43-24-14-11-21-38(43)40-29-35(25-26-44(40)51)50-41-22-12-9-19-36(41)37-20-10-13-23-42(37)50/h3,5-7,9-29,46,49H,4,8,30H2,1-2H3. The van der Waals surface area contributed by atoms with Gasteiger partial charge in [-0.2, -0.15) is 0 Å². The number of nitrogens with zero attached hydrogens (tertiary/aromatic N) is 4. The van der Waals surface area contributed by atoms with Crippen LogP contribution in [0.15, 0.2) is 162 Å². The summed E-state index contributed by atoms with van der Waals surface area (Å²) < 4.78 is 4.85. The Morgan fingerprint density at radius 3 is 1.96 bits per heavy atom. The maximum atomic E-state index is 5.26. The second kappa shape index (κ2) is 12.3. The minimum absolute atomic E-state index is 0.145. The van der Waals surface area contributed by atoms with E-state index >= 15 is 0 Å². The Morgan fingerprint density at radius 1 is 0.635 bits per heavy atom. The predicted molar refractivity (Wildman–Crippen MR) is 216 cm³/mol. The zero-order chi connectivity index (χ0) is 34.8. The molecule has 8 aromatic rings. The maximum Gasteiger partial charge on any atom is 0.147 e. The molecule has 0 bridgehead atoms. The summed E-state index contributed by atoms with van der Waals surface area (Å²) in [5.41, 5.74) is 16.9. The van der Waals surface area contributed by atoms with E-state index < -0.39 is 0 Å². The zero-order valence-corrected chi connectivity index (χ0v) is 29.4. The van der Waals surface area contributed by atoms with Crippen LogP contribution in [0.5, 0.6) is 0 Å². The molecule has 1 N–H and O–H groups in total. The molecule has 1 aliphatic carbocycles. The van der Waals surface area contributed by atoms with Gasteiger partial charge in [-0.1, -0.05) is 103 Å². The lowest BCUT2D eigenvalue weighted by Crippen LogP contribution is -2.19. The molecule has 5 nitrogen and oxygen atoms in total. The monoisotopic (exact) mass is 673 g/mol. The van der Waals surface area contributed by atoms with Gasteiger partial charge in [0.25, 0.3) is 0 Å². The Kier molecular flexibility index (Phi) is 7.22. The molecule has 52 heavy (non-hydrogen) atoms. The second-order valence-corrected chi connectivity index (χ2v) is 14.1. The number of benzene rings is 6. The molecule has 2 aromatic heterocycles. The van der Waals surface area contributed by atoms with Crippen molar-refractivity contribution >= 4 is 49.4 Å². The maximum absolute atomic E-state index is 5.26. The first kappa shape index (κ1) is 30.6. The van der Waals surface area contributed by atoms with E-state index in [0.29, 0.717) is 6.54 Å². The van der Waals surface area contributed by atoms with E-state index in [9.17, 15) is 0 Å². The van der Waals surface area contributed by atoms with Crippen molar-refractivity contribution in [1.82, 2.24) is 19.6 Å². The van der Waals surface area contributed by atoms with Crippen molar-refractivity contribution in [2.45, 2.75) is 39.4 Å². The Bertz CT molecular complexity index is 2720. The molecule has 5 heteroatoms. The van der Waals surface area contributed by atoms with Gasteiger partial charge in [0.2, 0.25) is 0 Å². The van der Waals surface area contributed by atoms with Crippen molar-refractivity contribution in [2.24, 2.45) is 4.99 Å². The summed E-state index contributed by atoms with van der Waals surface area (Å²) in [5, 5.41) is 7.27. The van der Waals surface area contributed by atoms with Gasteiger partial charge in [0.15, 0.2) is 0 Å². The summed E-state index contributed by atoms with van der Waals surface area (Å²) in [6.45, 7) is 5.08. The molecule has 6 aromatic carbocycles. The van der Waals surface area contributed by atoms with Crippen molar-refractivity contribution in [1.29, 1.82) is 0 Å². The summed E-state index contributed by atoms with van der Waals surface area (Å²) in [6, 6.07) is 48.4. The number of aryl methyl sites for hydroxylation is 2. The van der Waals surface area contributed by atoms with E-state index in [1.54, 1.807) is 0 Å². The van der Waals surface area contributed by atoms with Gasteiger partial charge in [0, 0.05) is 38.5 Å². The molecular weight excluding hydrogens is 635 g/mol. The van der Waals surface area contributed by atoms with E-state index in [0.717, 1.165) is 24.2 Å². The van der Waals surface area contributed by atoms with E-state index in [2.05, 4.69) is 185 Å². The van der Waals surface area contributed by atoms with Crippen LogP contribution < -0.4 is 5.43 Å². The molecule has 0 saturated carbocycles. The average Bonchev–Trinajstić information content (AvgIpc) is 3.82. The van der Waals surface area contributed by atoms with Gasteiger partial charge in [-0.15, -0.1) is 0 Å². The van der Waals surface area contributed by atoms with Crippen LogP contribution in [0.25, 0.3) is 55.0 Å². The number of hydrogen-bond acceptors (Lipinski definition) is 2. The van der Waals surface area contributed by atoms with E-state index in [1.165, 1.54) is 77.2 Å². The minimum Gasteiger partial charge on any atom is -0.309 e. The SMILES string of the molecule is Cc1cc(-n2c3ccccc3c3cc(-n4c5ccccc5c5ccccc54)ccc32)c(C)cc1C(=NCc1ccccc1)N1NC1C1=CCCC=C1. The van der Waals surface area contributed by atoms with Crippen molar-refractivity contribution in [3.8, 4) is 11.4 Å². The molecule has 10 rings (SSSR count). The molecule has 1 saturated heterocycles. The molecule has 0 amide bonds. The van der Waals surface area contributed by atoms with Gasteiger partial charge in [-0.05, 0) is 97.5 Å². The third kappa shape index (κ3) is 5.00. The normalized spacial score (nSPS) is 16.0. The topological polar surface area (TPSA) is 47.2 Å². The van der Waals surface area contributed by atoms with Crippen molar-refractivity contribution < 1.29 is 0 Å². The number of para-hydroxylation sites is 3. The summed E-state index contributed by atoms with van der Waals surface area (Å²) in [5.74, 6) is 0.985. The number of hydrazine groups is 1. The number of allylic oxidation sites excluding steroid dienone is 2. The quantitative estimate of drug-likeness (QED) is 0.108. The molecule has 1 unspecified atom stereocenters. The fraction of sp³-hybridized carbons (Fsp3) is 0.128. The Labute approximate surface area is 303 Å². The van der Waals surface area contributed by atoms with Gasteiger partial charge in [-0.25, -0.2) is 5.43 Å². The lowest BCUT2D eigenvalue weighted by Gasteiger charge is -2.18. The fourth-order valence-electron chi connectivity index (χ4n) is 8.23. The number of rotatable bonds is 6. The third-order valence-corrected chi connectivity index (χ3v) is 10.8. The van der Waals surface area contributed by atoms with Gasteiger partial charge < -0.3 is 9.13 Å². The minimum atomic E-state index is 0.145. The van der Waals surface area contributed by atoms with Crippen molar-refractivity contribution in [3.63, 3.8) is 0 Å². The third-order valence-electron chi connectivity index (χ3n) is 10.8. The first-order valence-corrected chi connectivity index (χ1v) is 18.3. The van der Waals surface area contributed by atoms with Crippen LogP contribution in [0.4, 0.5) is 0 Å². The van der Waals surface area contributed by atoms with Crippen LogP contribution in [-0.4, -0.2) is 26.1 Å². The molecule has 252 valence electrons. The van der Waals surface area contributed by atoms with E-state index in [4.69, 9.17) is 4.99 Å². The number of nitrogens with one attached hydrogen (secondary N) is 1. The molecule has 2 aliphatic rings. The molecule has 3 heterocycles. The van der Waals surface area contributed by atoms with Crippen LogP contribution in [-0.2, 0) is 6.54 Å². The summed E-state index contributed by atoms with van der Waals surface area (Å²) in [7, 11) is 0. The fourth-order valence-corrected chi connectivity index (χ4v) is 8.23. The lowest BCUT2D eigenvalue weighted by molar-refractivity contribution is 0.728. The molecule has 0 radical (unpaired) electrons. The van der Waals surface area contributed by atoms with Gasteiger partial charge in [0.1, 0.15) is 12.0 Å². The average molecular weight is 674 g/mol. The number of amidine groups is 1. The smallest absolute Gasteiger partial charge is 0.147 e. The van der Waals surface area contributed by atoms with E-state index in [1.807, 2.05) is 0 Å². The predicted octanol–water partition coefficient (Wildman–Crippen LogP) is 10.9. The molecule has 1 atom stereocenters. The molecule has 0 spiro atoms. The molecule has 1 fully saturated rings. The summed E-state index contributed by atoms with van der Waals surface area (Å²) >= 11 is 0. The van der Waals surface area contributed by atoms with Crippen LogP contribution in [0.3, 0.4) is 0 Å². The van der Waals surface area contributed by atoms with E-state index in [-0.39, 0.29) is 6.17 Å². The summed E-state index contributed by atoms with van der Waals surface area (Å²) in [4.78, 5) is 5.26. The summed E-state index contributed by atoms with van der Waals surface area (Å²) in [6.07, 6.45) is 9.21. The van der Waals surface area contributed by atoms with Gasteiger partial charge >= 0.3 is 0 Å². The first-order valence-electron chi connectivity index (χ1n) is 18.3. The Balaban J connectivity index is 1.10. The van der Waals surface area contributed by atoms with Gasteiger partial charge in [-0.3, -0.25) is 10.0 Å². The van der Waals surface area contributed by atoms with Gasteiger partial charge in [0.05, 0.1) is 28.6 Å². The highest BCUT2D eigenvalue weighted by atomic mass is 15.8. The number of aromatic nitrogens is 2. The zero-order valence-electron chi connectivity index (χ0n) is 29.4. The number of hydrogen-bond donors (Lipinski definition) is 1. The van der Waals surface area contributed by atoms with Crippen LogP contribution in [0.2, 0.25) is 0 Å². The highest BCUT2D eigenvalue weighted by molar-refractivity contribution is 6.12. The molecular formula is C47H39N5. The lowest BCUT2D eigenvalue weighted by atomic mass is 10.0. The molecule has 1 aliphatic heterocycles. The largest absolute Gasteiger partial charge is 0.309 e. The Morgan fingerprint density at radius 2 is 1.27 bits per heavy atom. The number of fused-ring (bicyclic) bond motifs is 6. The highest BCUT2D eigenvalue weighted by Gasteiger charge is 2.39. The van der Waals surface area contributed by atoms with Crippen molar-refractivity contribution in [2.75, 3.05) is 0 Å². The van der Waals surface area contributed by atoms with Crippen LogP contribution in [0.1, 0.15) is 35.1 Å². The van der Waals surface area contributed by atoms with Crippen LogP contribution in [0, 0.1) is 13.8 Å². The second-order valence-electron chi connectivity index (χ2n) is 14.1. The van der Waals surface area contributed by atoms with Crippen molar-refractivity contribution in [3.05, 3.63) is 180 Å². The highest BCUT2D eigenvalue weighted by Crippen LogP contribution is 2.38.